The minimum Gasteiger partial charge on any atom is -0.495 e. The molecule has 1 aliphatic rings. The summed E-state index contributed by atoms with van der Waals surface area (Å²) in [4.78, 5) is 2.34. The van der Waals surface area contributed by atoms with E-state index in [0.717, 1.165) is 37.2 Å². The van der Waals surface area contributed by atoms with Crippen molar-refractivity contribution in [1.82, 2.24) is 0 Å². The molecule has 0 fully saturated rings. The second kappa shape index (κ2) is 5.98. The predicted molar refractivity (Wildman–Crippen MR) is 87.9 cm³/mol. The van der Waals surface area contributed by atoms with Gasteiger partial charge in [0.15, 0.2) is 0 Å². The van der Waals surface area contributed by atoms with Gasteiger partial charge in [-0.25, -0.2) is 0 Å². The molecule has 0 aromatic heterocycles. The first-order valence-corrected chi connectivity index (χ1v) is 7.42. The number of nitrogen functional groups attached to an aromatic ring is 1. The quantitative estimate of drug-likeness (QED) is 0.883. The molecule has 1 aliphatic heterocycles. The molecule has 4 heteroatoms. The molecule has 2 aromatic carbocycles. The van der Waals surface area contributed by atoms with Gasteiger partial charge in [0.25, 0.3) is 0 Å². The molecule has 0 radical (unpaired) electrons. The number of methoxy groups -OCH3 is 1. The van der Waals surface area contributed by atoms with Gasteiger partial charge in [-0.1, -0.05) is 12.1 Å². The van der Waals surface area contributed by atoms with E-state index in [1.165, 1.54) is 11.3 Å². The lowest BCUT2D eigenvalue weighted by molar-refractivity contribution is 0.413. The summed E-state index contributed by atoms with van der Waals surface area (Å²) < 4.78 is 5.29. The number of fused-ring (bicyclic) bond motifs is 1. The topological polar surface area (TPSA) is 62.3 Å². The van der Waals surface area contributed by atoms with Crippen LogP contribution in [0.3, 0.4) is 0 Å². The van der Waals surface area contributed by atoms with Crippen LogP contribution in [0.15, 0.2) is 36.4 Å². The van der Waals surface area contributed by atoms with Gasteiger partial charge in [0, 0.05) is 24.5 Å². The van der Waals surface area contributed by atoms with E-state index < -0.39 is 0 Å². The summed E-state index contributed by atoms with van der Waals surface area (Å²) >= 11 is 0. The molecule has 22 heavy (non-hydrogen) atoms. The lowest BCUT2D eigenvalue weighted by Crippen LogP contribution is -2.29. The first-order valence-electron chi connectivity index (χ1n) is 7.42. The molecular weight excluding hydrogens is 274 g/mol. The van der Waals surface area contributed by atoms with Gasteiger partial charge in [-0.2, -0.15) is 5.26 Å². The van der Waals surface area contributed by atoms with Gasteiger partial charge in [0.1, 0.15) is 11.8 Å². The number of hydrogen-bond donors (Lipinski definition) is 1. The van der Waals surface area contributed by atoms with E-state index in [9.17, 15) is 0 Å². The number of hydrogen-bond acceptors (Lipinski definition) is 4. The summed E-state index contributed by atoms with van der Waals surface area (Å²) in [6, 6.07) is 14.0. The molecule has 0 saturated carbocycles. The molecular formula is C18H19N3O. The van der Waals surface area contributed by atoms with Crippen molar-refractivity contribution >= 4 is 11.4 Å². The zero-order valence-electron chi connectivity index (χ0n) is 12.7. The third-order valence-electron chi connectivity index (χ3n) is 4.14. The standard InChI is InChI=1S/C18H19N3O/c1-22-18-10-13(7-8-14(18)11-19)12-21-9-3-4-15-16(20)5-2-6-17(15)21/h2,5-8,10H,3-4,9,12,20H2,1H3. The number of ether oxygens (including phenoxy) is 1. The Bertz CT molecular complexity index is 734. The van der Waals surface area contributed by atoms with Gasteiger partial charge in [0.05, 0.1) is 12.7 Å². The number of nitrogens with zero attached hydrogens (tertiary/aromatic N) is 2. The van der Waals surface area contributed by atoms with Crippen molar-refractivity contribution in [2.75, 3.05) is 24.3 Å². The molecule has 4 nitrogen and oxygen atoms in total. The predicted octanol–water partition coefficient (Wildman–Crippen LogP) is 3.10. The van der Waals surface area contributed by atoms with Crippen molar-refractivity contribution in [3.05, 3.63) is 53.1 Å². The highest BCUT2D eigenvalue weighted by Gasteiger charge is 2.19. The van der Waals surface area contributed by atoms with Crippen LogP contribution in [-0.2, 0) is 13.0 Å². The van der Waals surface area contributed by atoms with Gasteiger partial charge in [-0.15, -0.1) is 0 Å². The number of anilines is 2. The Morgan fingerprint density at radius 2 is 2.18 bits per heavy atom. The van der Waals surface area contributed by atoms with Crippen molar-refractivity contribution in [3.8, 4) is 11.8 Å². The van der Waals surface area contributed by atoms with Crippen LogP contribution in [-0.4, -0.2) is 13.7 Å². The maximum Gasteiger partial charge on any atom is 0.136 e. The van der Waals surface area contributed by atoms with Crippen molar-refractivity contribution in [1.29, 1.82) is 5.26 Å². The number of nitrogens with two attached hydrogens (primary N) is 1. The van der Waals surface area contributed by atoms with Crippen molar-refractivity contribution < 1.29 is 4.74 Å². The van der Waals surface area contributed by atoms with Gasteiger partial charge in [-0.3, -0.25) is 0 Å². The summed E-state index contributed by atoms with van der Waals surface area (Å²) in [7, 11) is 1.59. The van der Waals surface area contributed by atoms with Crippen LogP contribution >= 0.6 is 0 Å². The maximum absolute atomic E-state index is 9.07. The first-order chi connectivity index (χ1) is 10.7. The van der Waals surface area contributed by atoms with Crippen LogP contribution < -0.4 is 15.4 Å². The van der Waals surface area contributed by atoms with Crippen molar-refractivity contribution in [2.45, 2.75) is 19.4 Å². The molecule has 2 aromatic rings. The third kappa shape index (κ3) is 2.58. The normalized spacial score (nSPS) is 13.4. The Balaban J connectivity index is 1.89. The summed E-state index contributed by atoms with van der Waals surface area (Å²) in [5.41, 5.74) is 11.1. The zero-order chi connectivity index (χ0) is 15.5. The molecule has 2 N–H and O–H groups in total. The average molecular weight is 293 g/mol. The summed E-state index contributed by atoms with van der Waals surface area (Å²) in [5.74, 6) is 0.629. The van der Waals surface area contributed by atoms with Gasteiger partial charge < -0.3 is 15.4 Å². The molecule has 1 heterocycles. The van der Waals surface area contributed by atoms with Crippen molar-refractivity contribution in [3.63, 3.8) is 0 Å². The van der Waals surface area contributed by atoms with Crippen LogP contribution in [0.5, 0.6) is 5.75 Å². The summed E-state index contributed by atoms with van der Waals surface area (Å²) in [6.45, 7) is 1.80. The Morgan fingerprint density at radius 1 is 1.32 bits per heavy atom. The number of benzene rings is 2. The third-order valence-corrected chi connectivity index (χ3v) is 4.14. The lowest BCUT2D eigenvalue weighted by Gasteiger charge is -2.32. The molecule has 0 atom stereocenters. The SMILES string of the molecule is COc1cc(CN2CCCc3c(N)cccc32)ccc1C#N. The highest BCUT2D eigenvalue weighted by atomic mass is 16.5. The minimum absolute atomic E-state index is 0.564. The van der Waals surface area contributed by atoms with E-state index in [-0.39, 0.29) is 0 Å². The van der Waals surface area contributed by atoms with Gasteiger partial charge in [0.2, 0.25) is 0 Å². The first kappa shape index (κ1) is 14.3. The molecule has 112 valence electrons. The monoisotopic (exact) mass is 293 g/mol. The highest BCUT2D eigenvalue weighted by Crippen LogP contribution is 2.32. The molecule has 0 saturated heterocycles. The fourth-order valence-electron chi connectivity index (χ4n) is 3.04. The largest absolute Gasteiger partial charge is 0.495 e. The molecule has 0 spiro atoms. The zero-order valence-corrected chi connectivity index (χ0v) is 12.7. The van der Waals surface area contributed by atoms with Gasteiger partial charge >= 0.3 is 0 Å². The van der Waals surface area contributed by atoms with Crippen LogP contribution in [0.4, 0.5) is 11.4 Å². The van der Waals surface area contributed by atoms with Crippen LogP contribution in [0, 0.1) is 11.3 Å². The van der Waals surface area contributed by atoms with E-state index in [1.807, 2.05) is 30.3 Å². The van der Waals surface area contributed by atoms with E-state index in [2.05, 4.69) is 17.0 Å². The van der Waals surface area contributed by atoms with Crippen LogP contribution in [0.25, 0.3) is 0 Å². The number of nitriles is 1. The fraction of sp³-hybridized carbons (Fsp3) is 0.278. The molecule has 0 unspecified atom stereocenters. The number of rotatable bonds is 3. The van der Waals surface area contributed by atoms with Crippen molar-refractivity contribution in [2.24, 2.45) is 0 Å². The maximum atomic E-state index is 9.07. The summed E-state index contributed by atoms with van der Waals surface area (Å²) in [5, 5.41) is 9.07. The van der Waals surface area contributed by atoms with Crippen LogP contribution in [0.1, 0.15) is 23.1 Å². The second-order valence-corrected chi connectivity index (χ2v) is 5.52. The van der Waals surface area contributed by atoms with E-state index >= 15 is 0 Å². The average Bonchev–Trinajstić information content (AvgIpc) is 2.55. The lowest BCUT2D eigenvalue weighted by atomic mass is 9.99. The van der Waals surface area contributed by atoms with E-state index in [1.54, 1.807) is 7.11 Å². The smallest absolute Gasteiger partial charge is 0.136 e. The second-order valence-electron chi connectivity index (χ2n) is 5.52. The molecule has 0 amide bonds. The van der Waals surface area contributed by atoms with E-state index in [4.69, 9.17) is 15.7 Å². The van der Waals surface area contributed by atoms with Gasteiger partial charge in [-0.05, 0) is 48.2 Å². The Labute approximate surface area is 130 Å². The van der Waals surface area contributed by atoms with Crippen LogP contribution in [0.2, 0.25) is 0 Å². The summed E-state index contributed by atoms with van der Waals surface area (Å²) in [6.07, 6.45) is 2.14. The minimum atomic E-state index is 0.564. The van der Waals surface area contributed by atoms with E-state index in [0.29, 0.717) is 11.3 Å². The Hall–Kier alpha value is -2.67. The Kier molecular flexibility index (Phi) is 3.88. The fourth-order valence-corrected chi connectivity index (χ4v) is 3.04. The molecule has 0 aliphatic carbocycles. The highest BCUT2D eigenvalue weighted by molar-refractivity contribution is 5.66. The molecule has 3 rings (SSSR count). The Morgan fingerprint density at radius 3 is 2.95 bits per heavy atom. The molecule has 0 bridgehead atoms.